The smallest absolute Gasteiger partial charge is 0.291 e. The van der Waals surface area contributed by atoms with E-state index in [4.69, 9.17) is 10.00 Å². The topological polar surface area (TPSA) is 71.2 Å². The number of amides is 1. The molecule has 0 fully saturated rings. The zero-order valence-electron chi connectivity index (χ0n) is 16.3. The first-order valence-electron chi connectivity index (χ1n) is 9.33. The number of anilines is 1. The summed E-state index contributed by atoms with van der Waals surface area (Å²) in [6.45, 7) is 2.41. The Labute approximate surface area is 177 Å². The molecule has 0 aliphatic heterocycles. The van der Waals surface area contributed by atoms with Crippen LogP contribution in [-0.4, -0.2) is 34.4 Å². The van der Waals surface area contributed by atoms with Gasteiger partial charge in [-0.2, -0.15) is 14.0 Å². The summed E-state index contributed by atoms with van der Waals surface area (Å²) in [6, 6.07) is 16.0. The SMILES string of the molecule is CCOc1ccc(N(CCC#N)C(=O)Cn2c(SC(F)F)nc3ccccc32)cc1. The van der Waals surface area contributed by atoms with Crippen molar-refractivity contribution in [2.75, 3.05) is 18.1 Å². The summed E-state index contributed by atoms with van der Waals surface area (Å²) < 4.78 is 33.0. The van der Waals surface area contributed by atoms with E-state index in [-0.39, 0.29) is 30.6 Å². The maximum Gasteiger partial charge on any atom is 0.291 e. The third kappa shape index (κ3) is 5.07. The summed E-state index contributed by atoms with van der Waals surface area (Å²) in [6.07, 6.45) is 0.141. The molecule has 0 saturated carbocycles. The molecule has 3 rings (SSSR count). The summed E-state index contributed by atoms with van der Waals surface area (Å²) in [5.74, 6) is -2.31. The highest BCUT2D eigenvalue weighted by Gasteiger charge is 2.21. The van der Waals surface area contributed by atoms with Crippen LogP contribution in [0.4, 0.5) is 14.5 Å². The Balaban J connectivity index is 1.91. The Hall–Kier alpha value is -3.12. The van der Waals surface area contributed by atoms with Crippen molar-refractivity contribution in [2.45, 2.75) is 30.8 Å². The average Bonchev–Trinajstić information content (AvgIpc) is 3.06. The fraction of sp³-hybridized carbons (Fsp3) is 0.286. The third-order valence-electron chi connectivity index (χ3n) is 4.32. The van der Waals surface area contributed by atoms with Crippen LogP contribution in [0.2, 0.25) is 0 Å². The Morgan fingerprint density at radius 1 is 1.27 bits per heavy atom. The fourth-order valence-electron chi connectivity index (χ4n) is 3.05. The number of nitriles is 1. The van der Waals surface area contributed by atoms with Crippen molar-refractivity contribution >= 4 is 34.4 Å². The van der Waals surface area contributed by atoms with E-state index in [1.54, 1.807) is 48.5 Å². The number of para-hydroxylation sites is 2. The predicted octanol–water partition coefficient (Wildman–Crippen LogP) is 4.70. The number of thioether (sulfide) groups is 1. The maximum atomic E-state index is 13.1. The molecule has 0 N–H and O–H groups in total. The van der Waals surface area contributed by atoms with Crippen LogP contribution in [0.15, 0.2) is 53.7 Å². The van der Waals surface area contributed by atoms with Gasteiger partial charge in [-0.25, -0.2) is 4.98 Å². The van der Waals surface area contributed by atoms with Crippen LogP contribution in [0.1, 0.15) is 13.3 Å². The molecule has 156 valence electrons. The van der Waals surface area contributed by atoms with Gasteiger partial charge in [0.2, 0.25) is 5.91 Å². The molecule has 1 amide bonds. The number of nitrogens with zero attached hydrogens (tertiary/aromatic N) is 4. The number of aromatic nitrogens is 2. The molecular weight excluding hydrogens is 410 g/mol. The monoisotopic (exact) mass is 430 g/mol. The number of ether oxygens (including phenoxy) is 1. The highest BCUT2D eigenvalue weighted by Crippen LogP contribution is 2.29. The number of alkyl halides is 2. The minimum atomic E-state index is -2.66. The van der Waals surface area contributed by atoms with Crippen molar-refractivity contribution in [1.29, 1.82) is 5.26 Å². The Kier molecular flexibility index (Phi) is 7.25. The molecular formula is C21H20F2N4O2S. The van der Waals surface area contributed by atoms with Gasteiger partial charge in [-0.3, -0.25) is 4.79 Å². The normalized spacial score (nSPS) is 10.9. The molecule has 6 nitrogen and oxygen atoms in total. The van der Waals surface area contributed by atoms with E-state index in [9.17, 15) is 13.6 Å². The molecule has 1 aromatic heterocycles. The number of carbonyl (C=O) groups is 1. The molecule has 0 radical (unpaired) electrons. The molecule has 0 spiro atoms. The number of fused-ring (bicyclic) bond motifs is 1. The van der Waals surface area contributed by atoms with Crippen molar-refractivity contribution in [3.63, 3.8) is 0 Å². The van der Waals surface area contributed by atoms with Gasteiger partial charge in [-0.15, -0.1) is 0 Å². The van der Waals surface area contributed by atoms with Gasteiger partial charge in [0.25, 0.3) is 5.76 Å². The Morgan fingerprint density at radius 3 is 2.67 bits per heavy atom. The van der Waals surface area contributed by atoms with Gasteiger partial charge in [-0.05, 0) is 55.1 Å². The van der Waals surface area contributed by atoms with Crippen LogP contribution in [-0.2, 0) is 11.3 Å². The molecule has 30 heavy (non-hydrogen) atoms. The maximum absolute atomic E-state index is 13.1. The minimum Gasteiger partial charge on any atom is -0.494 e. The number of imidazole rings is 1. The minimum absolute atomic E-state index is 0.0754. The molecule has 0 bridgehead atoms. The van der Waals surface area contributed by atoms with E-state index in [1.165, 1.54) is 9.47 Å². The van der Waals surface area contributed by atoms with Gasteiger partial charge in [0, 0.05) is 12.2 Å². The number of carbonyl (C=O) groups excluding carboxylic acids is 1. The van der Waals surface area contributed by atoms with Gasteiger partial charge in [0.1, 0.15) is 12.3 Å². The molecule has 2 aromatic carbocycles. The number of rotatable bonds is 9. The fourth-order valence-corrected chi connectivity index (χ4v) is 3.65. The lowest BCUT2D eigenvalue weighted by Crippen LogP contribution is -2.34. The average molecular weight is 430 g/mol. The van der Waals surface area contributed by atoms with E-state index in [0.717, 1.165) is 0 Å². The van der Waals surface area contributed by atoms with Crippen LogP contribution in [0.3, 0.4) is 0 Å². The quantitative estimate of drug-likeness (QED) is 0.460. The first kappa shape index (κ1) is 21.6. The lowest BCUT2D eigenvalue weighted by molar-refractivity contribution is -0.119. The van der Waals surface area contributed by atoms with Gasteiger partial charge in [0.15, 0.2) is 5.16 Å². The van der Waals surface area contributed by atoms with Gasteiger partial charge < -0.3 is 14.2 Å². The molecule has 3 aromatic rings. The van der Waals surface area contributed by atoms with Gasteiger partial charge in [0.05, 0.1) is 30.1 Å². The zero-order chi connectivity index (χ0) is 21.5. The van der Waals surface area contributed by atoms with Gasteiger partial charge >= 0.3 is 0 Å². The lowest BCUT2D eigenvalue weighted by atomic mass is 10.2. The molecule has 0 saturated heterocycles. The molecule has 0 aliphatic carbocycles. The molecule has 0 aliphatic rings. The van der Waals surface area contributed by atoms with Crippen molar-refractivity contribution in [1.82, 2.24) is 9.55 Å². The summed E-state index contributed by atoms with van der Waals surface area (Å²) in [5, 5.41) is 9.06. The summed E-state index contributed by atoms with van der Waals surface area (Å²) in [7, 11) is 0. The standard InChI is InChI=1S/C21H20F2N4O2S/c1-2-29-16-10-8-15(9-11-16)26(13-5-12-24)19(28)14-27-18-7-4-3-6-17(18)25-21(27)30-20(22)23/h3-4,6-11,20H,2,5,13-14H2,1H3. The lowest BCUT2D eigenvalue weighted by Gasteiger charge is -2.23. The van der Waals surface area contributed by atoms with Crippen molar-refractivity contribution in [3.8, 4) is 11.8 Å². The van der Waals surface area contributed by atoms with E-state index in [0.29, 0.717) is 40.8 Å². The van der Waals surface area contributed by atoms with Crippen LogP contribution >= 0.6 is 11.8 Å². The van der Waals surface area contributed by atoms with Crippen molar-refractivity contribution in [2.24, 2.45) is 0 Å². The highest BCUT2D eigenvalue weighted by atomic mass is 32.2. The second-order valence-electron chi connectivity index (χ2n) is 6.23. The number of halogens is 2. The van der Waals surface area contributed by atoms with Crippen LogP contribution in [0, 0.1) is 11.3 Å². The molecule has 9 heteroatoms. The second-order valence-corrected chi connectivity index (χ2v) is 7.19. The third-order valence-corrected chi connectivity index (χ3v) is 5.02. The summed E-state index contributed by atoms with van der Waals surface area (Å²) in [5.41, 5.74) is 1.74. The molecule has 1 heterocycles. The Morgan fingerprint density at radius 2 is 2.00 bits per heavy atom. The largest absolute Gasteiger partial charge is 0.494 e. The predicted molar refractivity (Wildman–Crippen MR) is 112 cm³/mol. The Bertz CT molecular complexity index is 1050. The molecule has 0 atom stereocenters. The molecule has 0 unspecified atom stereocenters. The zero-order valence-corrected chi connectivity index (χ0v) is 17.1. The highest BCUT2D eigenvalue weighted by molar-refractivity contribution is 7.99. The number of hydrogen-bond acceptors (Lipinski definition) is 5. The second kappa shape index (κ2) is 10.1. The van der Waals surface area contributed by atoms with Gasteiger partial charge in [-0.1, -0.05) is 12.1 Å². The summed E-state index contributed by atoms with van der Waals surface area (Å²) in [4.78, 5) is 18.9. The van der Waals surface area contributed by atoms with E-state index < -0.39 is 5.76 Å². The van der Waals surface area contributed by atoms with Crippen molar-refractivity contribution in [3.05, 3.63) is 48.5 Å². The summed E-state index contributed by atoms with van der Waals surface area (Å²) >= 11 is 0.304. The van der Waals surface area contributed by atoms with E-state index >= 15 is 0 Å². The van der Waals surface area contributed by atoms with Crippen molar-refractivity contribution < 1.29 is 18.3 Å². The first-order valence-corrected chi connectivity index (χ1v) is 10.2. The van der Waals surface area contributed by atoms with Crippen LogP contribution < -0.4 is 9.64 Å². The van der Waals surface area contributed by atoms with Crippen LogP contribution in [0.25, 0.3) is 11.0 Å². The first-order chi connectivity index (χ1) is 14.5. The van der Waals surface area contributed by atoms with E-state index in [1.807, 2.05) is 13.0 Å². The van der Waals surface area contributed by atoms with Crippen LogP contribution in [0.5, 0.6) is 5.75 Å². The number of hydrogen-bond donors (Lipinski definition) is 0. The number of benzene rings is 2. The van der Waals surface area contributed by atoms with E-state index in [2.05, 4.69) is 4.98 Å².